The second-order valence-electron chi connectivity index (χ2n) is 4.52. The zero-order valence-corrected chi connectivity index (χ0v) is 11.3. The lowest BCUT2D eigenvalue weighted by molar-refractivity contribution is 0.869. The summed E-state index contributed by atoms with van der Waals surface area (Å²) in [6, 6.07) is 16.0. The number of hydrogen-bond donors (Lipinski definition) is 2. The van der Waals surface area contributed by atoms with Crippen molar-refractivity contribution in [2.24, 2.45) is 0 Å². The number of nitrogens with one attached hydrogen (secondary N) is 2. The fourth-order valence-electron chi connectivity index (χ4n) is 2.06. The van der Waals surface area contributed by atoms with Crippen molar-refractivity contribution < 1.29 is 0 Å². The van der Waals surface area contributed by atoms with Crippen LogP contribution in [0.5, 0.6) is 0 Å². The van der Waals surface area contributed by atoms with E-state index in [1.54, 1.807) is 0 Å². The van der Waals surface area contributed by atoms with E-state index in [4.69, 9.17) is 11.6 Å². The average Bonchev–Trinajstić information content (AvgIpc) is 2.81. The van der Waals surface area contributed by atoms with Crippen LogP contribution in [0.15, 0.2) is 48.5 Å². The van der Waals surface area contributed by atoms with Gasteiger partial charge in [-0.15, -0.1) is 0 Å². The monoisotopic (exact) mass is 271 g/mol. The Morgan fingerprint density at radius 1 is 1.11 bits per heavy atom. The molecule has 96 valence electrons. The lowest BCUT2D eigenvalue weighted by Gasteiger charge is -2.13. The normalized spacial score (nSPS) is 12.5. The molecule has 0 aliphatic heterocycles. The molecule has 3 aromatic rings. The molecule has 0 radical (unpaired) electrons. The summed E-state index contributed by atoms with van der Waals surface area (Å²) in [7, 11) is 0. The summed E-state index contributed by atoms with van der Waals surface area (Å²) < 4.78 is 0. The lowest BCUT2D eigenvalue weighted by atomic mass is 10.1. The first-order chi connectivity index (χ1) is 9.22. The molecule has 2 N–H and O–H groups in total. The van der Waals surface area contributed by atoms with Gasteiger partial charge in [0.05, 0.1) is 17.1 Å². The number of halogens is 1. The van der Waals surface area contributed by atoms with Crippen molar-refractivity contribution in [3.63, 3.8) is 0 Å². The van der Waals surface area contributed by atoms with E-state index in [-0.39, 0.29) is 6.04 Å². The van der Waals surface area contributed by atoms with Gasteiger partial charge in [0, 0.05) is 5.02 Å². The molecule has 4 heteroatoms. The summed E-state index contributed by atoms with van der Waals surface area (Å²) in [5, 5.41) is 4.11. The Morgan fingerprint density at radius 2 is 1.84 bits per heavy atom. The smallest absolute Gasteiger partial charge is 0.201 e. The molecule has 0 saturated carbocycles. The van der Waals surface area contributed by atoms with Gasteiger partial charge >= 0.3 is 0 Å². The number of anilines is 1. The minimum atomic E-state index is 0.165. The highest BCUT2D eigenvalue weighted by Gasteiger charge is 2.08. The van der Waals surface area contributed by atoms with Crippen LogP contribution in [-0.2, 0) is 0 Å². The van der Waals surface area contributed by atoms with E-state index in [0.717, 1.165) is 22.0 Å². The van der Waals surface area contributed by atoms with Gasteiger partial charge in [-0.25, -0.2) is 4.98 Å². The topological polar surface area (TPSA) is 40.7 Å². The number of imidazole rings is 1. The van der Waals surface area contributed by atoms with Crippen molar-refractivity contribution in [3.8, 4) is 0 Å². The van der Waals surface area contributed by atoms with E-state index in [1.807, 2.05) is 48.5 Å². The molecule has 3 rings (SSSR count). The van der Waals surface area contributed by atoms with Crippen LogP contribution in [0.4, 0.5) is 5.95 Å². The molecule has 0 fully saturated rings. The maximum atomic E-state index is 5.89. The van der Waals surface area contributed by atoms with Crippen molar-refractivity contribution in [3.05, 3.63) is 59.1 Å². The first-order valence-electron chi connectivity index (χ1n) is 6.19. The minimum absolute atomic E-state index is 0.165. The maximum Gasteiger partial charge on any atom is 0.201 e. The molecule has 0 spiro atoms. The number of rotatable bonds is 3. The van der Waals surface area contributed by atoms with E-state index < -0.39 is 0 Å². The molecule has 1 atom stereocenters. The summed E-state index contributed by atoms with van der Waals surface area (Å²) in [5.74, 6) is 0.781. The molecule has 0 amide bonds. The largest absolute Gasteiger partial charge is 0.349 e. The van der Waals surface area contributed by atoms with E-state index in [9.17, 15) is 0 Å². The van der Waals surface area contributed by atoms with Gasteiger partial charge in [-0.2, -0.15) is 0 Å². The number of nitrogens with zero attached hydrogens (tertiary/aromatic N) is 1. The number of para-hydroxylation sites is 2. The second-order valence-corrected chi connectivity index (χ2v) is 4.96. The molecule has 3 nitrogen and oxygen atoms in total. The molecule has 0 aliphatic rings. The van der Waals surface area contributed by atoms with Crippen LogP contribution in [0.25, 0.3) is 11.0 Å². The zero-order chi connectivity index (χ0) is 13.2. The van der Waals surface area contributed by atoms with Gasteiger partial charge in [0.2, 0.25) is 5.95 Å². The van der Waals surface area contributed by atoms with Gasteiger partial charge in [-0.1, -0.05) is 35.9 Å². The molecule has 19 heavy (non-hydrogen) atoms. The first kappa shape index (κ1) is 12.1. The third-order valence-electron chi connectivity index (χ3n) is 3.11. The molecule has 0 bridgehead atoms. The number of hydrogen-bond acceptors (Lipinski definition) is 2. The van der Waals surface area contributed by atoms with Crippen LogP contribution in [0.3, 0.4) is 0 Å². The zero-order valence-electron chi connectivity index (χ0n) is 10.5. The summed E-state index contributed by atoms with van der Waals surface area (Å²) in [5.41, 5.74) is 3.17. The maximum absolute atomic E-state index is 5.89. The van der Waals surface area contributed by atoms with Crippen molar-refractivity contribution in [1.29, 1.82) is 0 Å². The summed E-state index contributed by atoms with van der Waals surface area (Å²) in [4.78, 5) is 7.76. The lowest BCUT2D eigenvalue weighted by Crippen LogP contribution is -2.07. The van der Waals surface area contributed by atoms with E-state index in [1.165, 1.54) is 5.56 Å². The van der Waals surface area contributed by atoms with Crippen LogP contribution < -0.4 is 5.32 Å². The summed E-state index contributed by atoms with van der Waals surface area (Å²) in [6.07, 6.45) is 0. The quantitative estimate of drug-likeness (QED) is 0.742. The summed E-state index contributed by atoms with van der Waals surface area (Å²) >= 11 is 5.89. The molecule has 0 saturated heterocycles. The number of benzene rings is 2. The van der Waals surface area contributed by atoms with Crippen LogP contribution in [-0.4, -0.2) is 9.97 Å². The van der Waals surface area contributed by atoms with Crippen LogP contribution in [0.2, 0.25) is 5.02 Å². The highest BCUT2D eigenvalue weighted by atomic mass is 35.5. The molecule has 2 aromatic carbocycles. The van der Waals surface area contributed by atoms with Crippen molar-refractivity contribution in [2.45, 2.75) is 13.0 Å². The van der Waals surface area contributed by atoms with Crippen molar-refractivity contribution in [1.82, 2.24) is 9.97 Å². The Kier molecular flexibility index (Phi) is 3.13. The van der Waals surface area contributed by atoms with Gasteiger partial charge in [0.25, 0.3) is 0 Å². The van der Waals surface area contributed by atoms with E-state index >= 15 is 0 Å². The number of H-pyrrole nitrogens is 1. The van der Waals surface area contributed by atoms with E-state index in [2.05, 4.69) is 22.2 Å². The van der Waals surface area contributed by atoms with Crippen LogP contribution >= 0.6 is 11.6 Å². The molecule has 1 heterocycles. The predicted octanol–water partition coefficient (Wildman–Crippen LogP) is 4.39. The molecular formula is C15H14ClN3. The van der Waals surface area contributed by atoms with Gasteiger partial charge in [-0.3, -0.25) is 0 Å². The van der Waals surface area contributed by atoms with Gasteiger partial charge in [0.15, 0.2) is 0 Å². The average molecular weight is 272 g/mol. The first-order valence-corrected chi connectivity index (χ1v) is 6.57. The number of fused-ring (bicyclic) bond motifs is 1. The molecule has 1 aromatic heterocycles. The van der Waals surface area contributed by atoms with Gasteiger partial charge < -0.3 is 10.3 Å². The number of aromatic nitrogens is 2. The predicted molar refractivity (Wildman–Crippen MR) is 79.6 cm³/mol. The standard InChI is InChI=1S/C15H14ClN3/c1-10(11-6-8-12(16)9-7-11)17-15-18-13-4-2-3-5-14(13)19-15/h2-10H,1H3,(H2,17,18,19). The Labute approximate surface area is 116 Å². The number of aromatic amines is 1. The second kappa shape index (κ2) is 4.94. The Morgan fingerprint density at radius 3 is 2.58 bits per heavy atom. The van der Waals surface area contributed by atoms with Crippen molar-refractivity contribution in [2.75, 3.05) is 5.32 Å². The fourth-order valence-corrected chi connectivity index (χ4v) is 2.19. The molecular weight excluding hydrogens is 258 g/mol. The van der Waals surface area contributed by atoms with Gasteiger partial charge in [0.1, 0.15) is 0 Å². The highest BCUT2D eigenvalue weighted by molar-refractivity contribution is 6.30. The van der Waals surface area contributed by atoms with Crippen LogP contribution in [0, 0.1) is 0 Å². The SMILES string of the molecule is CC(Nc1nc2ccccc2[nH]1)c1ccc(Cl)cc1. The van der Waals surface area contributed by atoms with Crippen molar-refractivity contribution >= 4 is 28.6 Å². The highest BCUT2D eigenvalue weighted by Crippen LogP contribution is 2.21. The minimum Gasteiger partial charge on any atom is -0.349 e. The van der Waals surface area contributed by atoms with Gasteiger partial charge in [-0.05, 0) is 36.8 Å². The Bertz CT molecular complexity index is 655. The summed E-state index contributed by atoms with van der Waals surface area (Å²) in [6.45, 7) is 2.09. The van der Waals surface area contributed by atoms with E-state index in [0.29, 0.717) is 0 Å². The Hall–Kier alpha value is -2.00. The Balaban J connectivity index is 1.82. The third kappa shape index (κ3) is 2.56. The molecule has 1 unspecified atom stereocenters. The van der Waals surface area contributed by atoms with Crippen LogP contribution in [0.1, 0.15) is 18.5 Å². The molecule has 0 aliphatic carbocycles. The third-order valence-corrected chi connectivity index (χ3v) is 3.36. The fraction of sp³-hybridized carbons (Fsp3) is 0.133.